The van der Waals surface area contributed by atoms with Crippen molar-refractivity contribution in [3.8, 4) is 11.4 Å². The molecule has 3 heteroatoms. The van der Waals surface area contributed by atoms with Crippen molar-refractivity contribution in [3.63, 3.8) is 0 Å². The highest BCUT2D eigenvalue weighted by Crippen LogP contribution is 2.38. The number of aromatic nitrogens is 1. The number of phenolic OH excluding ortho intramolecular Hbond substituents is 1. The van der Waals surface area contributed by atoms with Gasteiger partial charge in [-0.15, -0.1) is 0 Å². The standard InChI is InChI=1S/C24H15NO2/c26-15-12-13-21-19(14-15)16-6-1-3-9-20(16)25(21)22-10-5-8-18-17-7-2-4-11-23(17)27-24(18)22/h1-14,26H. The normalized spacial score (nSPS) is 11.9. The second-order valence-corrected chi connectivity index (χ2v) is 6.81. The number of nitrogens with zero attached hydrogens (tertiary/aromatic N) is 1. The van der Waals surface area contributed by atoms with Crippen LogP contribution < -0.4 is 0 Å². The van der Waals surface area contributed by atoms with E-state index < -0.39 is 0 Å². The van der Waals surface area contributed by atoms with E-state index in [0.717, 1.165) is 49.4 Å². The molecular weight excluding hydrogens is 334 g/mol. The number of para-hydroxylation sites is 3. The van der Waals surface area contributed by atoms with Gasteiger partial charge in [-0.05, 0) is 36.4 Å². The number of rotatable bonds is 1. The third-order valence-electron chi connectivity index (χ3n) is 5.28. The minimum Gasteiger partial charge on any atom is -0.508 e. The van der Waals surface area contributed by atoms with E-state index in [-0.39, 0.29) is 5.75 Å². The van der Waals surface area contributed by atoms with Gasteiger partial charge in [0, 0.05) is 21.5 Å². The van der Waals surface area contributed by atoms with Crippen molar-refractivity contribution in [1.29, 1.82) is 0 Å². The molecule has 0 amide bonds. The summed E-state index contributed by atoms with van der Waals surface area (Å²) >= 11 is 0. The van der Waals surface area contributed by atoms with Crippen LogP contribution in [-0.4, -0.2) is 9.67 Å². The number of hydrogen-bond donors (Lipinski definition) is 1. The van der Waals surface area contributed by atoms with Crippen molar-refractivity contribution < 1.29 is 9.52 Å². The van der Waals surface area contributed by atoms with Crippen molar-refractivity contribution in [3.05, 3.63) is 84.9 Å². The first kappa shape index (κ1) is 14.4. The Hall–Kier alpha value is -3.72. The molecule has 0 spiro atoms. The van der Waals surface area contributed by atoms with Gasteiger partial charge < -0.3 is 14.1 Å². The zero-order valence-electron chi connectivity index (χ0n) is 14.4. The molecule has 0 radical (unpaired) electrons. The summed E-state index contributed by atoms with van der Waals surface area (Å²) in [6, 6.07) is 28.2. The summed E-state index contributed by atoms with van der Waals surface area (Å²) in [4.78, 5) is 0. The molecular formula is C24H15NO2. The lowest BCUT2D eigenvalue weighted by atomic mass is 10.1. The maximum atomic E-state index is 10.0. The largest absolute Gasteiger partial charge is 0.508 e. The molecule has 0 atom stereocenters. The molecule has 0 aliphatic carbocycles. The van der Waals surface area contributed by atoms with Gasteiger partial charge in [0.25, 0.3) is 0 Å². The van der Waals surface area contributed by atoms with Gasteiger partial charge in [-0.25, -0.2) is 0 Å². The Kier molecular flexibility index (Phi) is 2.75. The molecule has 2 heterocycles. The van der Waals surface area contributed by atoms with Crippen LogP contribution in [0.1, 0.15) is 0 Å². The lowest BCUT2D eigenvalue weighted by Crippen LogP contribution is -1.93. The Balaban J connectivity index is 1.83. The van der Waals surface area contributed by atoms with Gasteiger partial charge in [-0.1, -0.05) is 48.5 Å². The smallest absolute Gasteiger partial charge is 0.159 e. The summed E-state index contributed by atoms with van der Waals surface area (Å²) in [6.07, 6.45) is 0. The van der Waals surface area contributed by atoms with Gasteiger partial charge >= 0.3 is 0 Å². The minimum atomic E-state index is 0.271. The molecule has 0 saturated carbocycles. The maximum absolute atomic E-state index is 10.0. The third-order valence-corrected chi connectivity index (χ3v) is 5.28. The van der Waals surface area contributed by atoms with Crippen LogP contribution in [0.2, 0.25) is 0 Å². The molecule has 0 aliphatic rings. The van der Waals surface area contributed by atoms with Crippen molar-refractivity contribution in [2.75, 3.05) is 0 Å². The summed E-state index contributed by atoms with van der Waals surface area (Å²) in [6.45, 7) is 0. The molecule has 0 unspecified atom stereocenters. The average molecular weight is 349 g/mol. The fourth-order valence-corrected chi connectivity index (χ4v) is 4.13. The summed E-state index contributed by atoms with van der Waals surface area (Å²) in [5, 5.41) is 14.4. The summed E-state index contributed by atoms with van der Waals surface area (Å²) in [5.74, 6) is 0.271. The second-order valence-electron chi connectivity index (χ2n) is 6.81. The Morgan fingerprint density at radius 2 is 1.37 bits per heavy atom. The number of phenols is 1. The van der Waals surface area contributed by atoms with Crippen LogP contribution in [0, 0.1) is 0 Å². The average Bonchev–Trinajstić information content (AvgIpc) is 3.24. The first-order chi connectivity index (χ1) is 13.3. The number of aromatic hydroxyl groups is 1. The highest BCUT2D eigenvalue weighted by Gasteiger charge is 2.17. The van der Waals surface area contributed by atoms with Gasteiger partial charge in [0.15, 0.2) is 5.58 Å². The fraction of sp³-hybridized carbons (Fsp3) is 0. The quantitative estimate of drug-likeness (QED) is 0.373. The topological polar surface area (TPSA) is 38.3 Å². The van der Waals surface area contributed by atoms with E-state index >= 15 is 0 Å². The van der Waals surface area contributed by atoms with Gasteiger partial charge in [-0.3, -0.25) is 0 Å². The first-order valence-electron chi connectivity index (χ1n) is 8.94. The Labute approximate surface area is 154 Å². The van der Waals surface area contributed by atoms with Gasteiger partial charge in [0.1, 0.15) is 11.3 Å². The molecule has 4 aromatic carbocycles. The van der Waals surface area contributed by atoms with Crippen molar-refractivity contribution in [2.24, 2.45) is 0 Å². The third kappa shape index (κ3) is 1.91. The van der Waals surface area contributed by atoms with Crippen LogP contribution in [-0.2, 0) is 0 Å². The van der Waals surface area contributed by atoms with Crippen LogP contribution in [0.3, 0.4) is 0 Å². The number of hydrogen-bond acceptors (Lipinski definition) is 2. The van der Waals surface area contributed by atoms with Crippen LogP contribution >= 0.6 is 0 Å². The lowest BCUT2D eigenvalue weighted by Gasteiger charge is -2.08. The van der Waals surface area contributed by atoms with Crippen LogP contribution in [0.15, 0.2) is 89.3 Å². The fourth-order valence-electron chi connectivity index (χ4n) is 4.13. The Bertz CT molecular complexity index is 1490. The minimum absolute atomic E-state index is 0.271. The maximum Gasteiger partial charge on any atom is 0.159 e. The zero-order valence-corrected chi connectivity index (χ0v) is 14.4. The molecule has 6 aromatic rings. The van der Waals surface area contributed by atoms with Gasteiger partial charge in [0.05, 0.1) is 16.7 Å². The second kappa shape index (κ2) is 5.15. The van der Waals surface area contributed by atoms with E-state index in [2.05, 4.69) is 41.0 Å². The van der Waals surface area contributed by atoms with E-state index in [0.29, 0.717) is 0 Å². The molecule has 0 fully saturated rings. The Morgan fingerprint density at radius 1 is 0.630 bits per heavy atom. The van der Waals surface area contributed by atoms with Crippen molar-refractivity contribution in [1.82, 2.24) is 4.57 Å². The molecule has 128 valence electrons. The summed E-state index contributed by atoms with van der Waals surface area (Å²) in [5.41, 5.74) is 4.89. The highest BCUT2D eigenvalue weighted by molar-refractivity contribution is 6.12. The van der Waals surface area contributed by atoms with E-state index in [9.17, 15) is 5.11 Å². The molecule has 2 aromatic heterocycles. The summed E-state index contributed by atoms with van der Waals surface area (Å²) in [7, 11) is 0. The van der Waals surface area contributed by atoms with Crippen LogP contribution in [0.25, 0.3) is 49.4 Å². The molecule has 0 saturated heterocycles. The molecule has 6 rings (SSSR count). The number of benzene rings is 4. The monoisotopic (exact) mass is 349 g/mol. The molecule has 0 aliphatic heterocycles. The number of fused-ring (bicyclic) bond motifs is 6. The zero-order chi connectivity index (χ0) is 18.0. The van der Waals surface area contributed by atoms with Crippen LogP contribution in [0.5, 0.6) is 5.75 Å². The SMILES string of the molecule is Oc1ccc2c(c1)c1ccccc1n2-c1cccc2c1oc1ccccc12. The number of furan rings is 1. The van der Waals surface area contributed by atoms with Gasteiger partial charge in [-0.2, -0.15) is 0 Å². The first-order valence-corrected chi connectivity index (χ1v) is 8.94. The van der Waals surface area contributed by atoms with Gasteiger partial charge in [0.2, 0.25) is 0 Å². The summed E-state index contributed by atoms with van der Waals surface area (Å²) < 4.78 is 8.48. The lowest BCUT2D eigenvalue weighted by molar-refractivity contribution is 0.476. The molecule has 0 bridgehead atoms. The molecule has 1 N–H and O–H groups in total. The van der Waals surface area contributed by atoms with E-state index in [1.54, 1.807) is 6.07 Å². The molecule has 3 nitrogen and oxygen atoms in total. The van der Waals surface area contributed by atoms with E-state index in [1.807, 2.05) is 42.5 Å². The van der Waals surface area contributed by atoms with Crippen LogP contribution in [0.4, 0.5) is 0 Å². The van der Waals surface area contributed by atoms with E-state index in [4.69, 9.17) is 4.42 Å². The Morgan fingerprint density at radius 3 is 2.30 bits per heavy atom. The van der Waals surface area contributed by atoms with Crippen molar-refractivity contribution in [2.45, 2.75) is 0 Å². The highest BCUT2D eigenvalue weighted by atomic mass is 16.3. The predicted molar refractivity (Wildman–Crippen MR) is 110 cm³/mol. The molecule has 27 heavy (non-hydrogen) atoms. The van der Waals surface area contributed by atoms with Crippen molar-refractivity contribution >= 4 is 43.7 Å². The van der Waals surface area contributed by atoms with E-state index in [1.165, 1.54) is 0 Å². The predicted octanol–water partition coefficient (Wildman–Crippen LogP) is 6.39.